The summed E-state index contributed by atoms with van der Waals surface area (Å²) in [6, 6.07) is 0. The molecular formula is C13H23N5. The first-order valence-corrected chi connectivity index (χ1v) is 6.67. The van der Waals surface area contributed by atoms with Crippen LogP contribution in [0.5, 0.6) is 0 Å². The summed E-state index contributed by atoms with van der Waals surface area (Å²) >= 11 is 0. The van der Waals surface area contributed by atoms with Crippen molar-refractivity contribution in [1.82, 2.24) is 14.9 Å². The zero-order valence-electron chi connectivity index (χ0n) is 11.3. The van der Waals surface area contributed by atoms with E-state index in [1.807, 2.05) is 6.20 Å². The van der Waals surface area contributed by atoms with Crippen LogP contribution < -0.4 is 10.6 Å². The highest BCUT2D eigenvalue weighted by atomic mass is 15.3. The highest BCUT2D eigenvalue weighted by Crippen LogP contribution is 2.13. The number of hydrogen-bond donors (Lipinski definition) is 1. The molecular weight excluding hydrogens is 226 g/mol. The van der Waals surface area contributed by atoms with Gasteiger partial charge in [0.05, 0.1) is 11.9 Å². The lowest BCUT2D eigenvalue weighted by Gasteiger charge is -2.36. The van der Waals surface area contributed by atoms with Crippen LogP contribution in [0.2, 0.25) is 0 Å². The molecule has 2 heterocycles. The van der Waals surface area contributed by atoms with E-state index in [1.54, 1.807) is 6.20 Å². The molecule has 18 heavy (non-hydrogen) atoms. The highest BCUT2D eigenvalue weighted by molar-refractivity contribution is 5.37. The van der Waals surface area contributed by atoms with E-state index in [2.05, 4.69) is 33.6 Å². The van der Waals surface area contributed by atoms with Crippen LogP contribution in [0.25, 0.3) is 0 Å². The fraction of sp³-hybridized carbons (Fsp3) is 0.692. The van der Waals surface area contributed by atoms with E-state index in [9.17, 15) is 0 Å². The molecule has 1 aromatic heterocycles. The van der Waals surface area contributed by atoms with Crippen LogP contribution in [0.3, 0.4) is 0 Å². The fourth-order valence-corrected chi connectivity index (χ4v) is 2.32. The molecule has 2 rings (SSSR count). The molecule has 5 nitrogen and oxygen atoms in total. The van der Waals surface area contributed by atoms with E-state index in [-0.39, 0.29) is 0 Å². The van der Waals surface area contributed by atoms with Crippen molar-refractivity contribution in [2.24, 2.45) is 11.7 Å². The second kappa shape index (κ2) is 6.11. The van der Waals surface area contributed by atoms with Crippen molar-refractivity contribution >= 4 is 5.82 Å². The average molecular weight is 249 g/mol. The van der Waals surface area contributed by atoms with E-state index >= 15 is 0 Å². The van der Waals surface area contributed by atoms with Crippen molar-refractivity contribution in [3.63, 3.8) is 0 Å². The van der Waals surface area contributed by atoms with Gasteiger partial charge in [-0.3, -0.25) is 9.88 Å². The lowest BCUT2D eigenvalue weighted by atomic mass is 10.2. The van der Waals surface area contributed by atoms with Gasteiger partial charge in [-0.2, -0.15) is 0 Å². The van der Waals surface area contributed by atoms with Gasteiger partial charge in [-0.05, 0) is 5.92 Å². The van der Waals surface area contributed by atoms with Crippen molar-refractivity contribution in [2.45, 2.75) is 20.4 Å². The number of anilines is 1. The Labute approximate surface area is 109 Å². The average Bonchev–Trinajstić information content (AvgIpc) is 2.39. The van der Waals surface area contributed by atoms with Gasteiger partial charge in [-0.15, -0.1) is 0 Å². The zero-order valence-corrected chi connectivity index (χ0v) is 11.3. The number of aromatic nitrogens is 2. The van der Waals surface area contributed by atoms with Gasteiger partial charge in [0, 0.05) is 45.5 Å². The van der Waals surface area contributed by atoms with Gasteiger partial charge in [0.15, 0.2) is 0 Å². The Bertz CT molecular complexity index is 371. The maximum atomic E-state index is 5.60. The molecule has 0 radical (unpaired) electrons. The van der Waals surface area contributed by atoms with E-state index in [4.69, 9.17) is 5.73 Å². The van der Waals surface area contributed by atoms with Crippen molar-refractivity contribution in [1.29, 1.82) is 0 Å². The Hall–Kier alpha value is -1.20. The molecule has 1 aliphatic rings. The maximum absolute atomic E-state index is 5.60. The minimum Gasteiger partial charge on any atom is -0.353 e. The lowest BCUT2D eigenvalue weighted by molar-refractivity contribution is 0.231. The lowest BCUT2D eigenvalue weighted by Crippen LogP contribution is -2.47. The Balaban J connectivity index is 1.92. The highest BCUT2D eigenvalue weighted by Gasteiger charge is 2.18. The van der Waals surface area contributed by atoms with Crippen LogP contribution in [0.15, 0.2) is 12.4 Å². The summed E-state index contributed by atoms with van der Waals surface area (Å²) in [5.74, 6) is 1.69. The normalized spacial score (nSPS) is 17.4. The van der Waals surface area contributed by atoms with Crippen LogP contribution >= 0.6 is 0 Å². The van der Waals surface area contributed by atoms with Crippen LogP contribution in [0, 0.1) is 5.92 Å². The summed E-state index contributed by atoms with van der Waals surface area (Å²) in [6.07, 6.45) is 3.57. The Kier molecular flexibility index (Phi) is 4.49. The third-order valence-corrected chi connectivity index (χ3v) is 3.20. The van der Waals surface area contributed by atoms with Gasteiger partial charge >= 0.3 is 0 Å². The molecule has 0 unspecified atom stereocenters. The van der Waals surface area contributed by atoms with Crippen molar-refractivity contribution in [3.05, 3.63) is 18.1 Å². The molecule has 0 saturated carbocycles. The first kappa shape index (κ1) is 13.2. The van der Waals surface area contributed by atoms with Crippen LogP contribution in [0.4, 0.5) is 5.82 Å². The largest absolute Gasteiger partial charge is 0.353 e. The van der Waals surface area contributed by atoms with Gasteiger partial charge < -0.3 is 10.6 Å². The number of piperazine rings is 1. The first-order valence-electron chi connectivity index (χ1n) is 6.67. The molecule has 1 fully saturated rings. The number of hydrogen-bond acceptors (Lipinski definition) is 5. The third kappa shape index (κ3) is 3.40. The predicted molar refractivity (Wildman–Crippen MR) is 73.4 cm³/mol. The standard InChI is InChI=1S/C13H23N5/c1-11(2)10-17-3-5-18(6-4-17)13-9-15-8-12(7-14)16-13/h8-9,11H,3-7,10,14H2,1-2H3. The number of rotatable bonds is 4. The Morgan fingerprint density at radius 1 is 1.22 bits per heavy atom. The molecule has 1 saturated heterocycles. The smallest absolute Gasteiger partial charge is 0.147 e. The van der Waals surface area contributed by atoms with Crippen molar-refractivity contribution < 1.29 is 0 Å². The molecule has 0 aromatic carbocycles. The molecule has 0 aliphatic carbocycles. The first-order chi connectivity index (χ1) is 8.69. The van der Waals surface area contributed by atoms with Crippen LogP contribution in [0.1, 0.15) is 19.5 Å². The molecule has 1 aliphatic heterocycles. The third-order valence-electron chi connectivity index (χ3n) is 3.20. The SMILES string of the molecule is CC(C)CN1CCN(c2cncc(CN)n2)CC1. The molecule has 0 spiro atoms. The summed E-state index contributed by atoms with van der Waals surface area (Å²) in [4.78, 5) is 13.5. The predicted octanol–water partition coefficient (Wildman–Crippen LogP) is 0.713. The Morgan fingerprint density at radius 2 is 1.94 bits per heavy atom. The number of nitrogens with two attached hydrogens (primary N) is 1. The van der Waals surface area contributed by atoms with E-state index in [1.165, 1.54) is 6.54 Å². The van der Waals surface area contributed by atoms with Crippen LogP contribution in [-0.2, 0) is 6.54 Å². The molecule has 5 heteroatoms. The van der Waals surface area contributed by atoms with Crippen molar-refractivity contribution in [3.8, 4) is 0 Å². The molecule has 0 atom stereocenters. The monoisotopic (exact) mass is 249 g/mol. The second-order valence-corrected chi connectivity index (χ2v) is 5.25. The molecule has 1 aromatic rings. The second-order valence-electron chi connectivity index (χ2n) is 5.25. The minimum absolute atomic E-state index is 0.453. The number of nitrogens with zero attached hydrogens (tertiary/aromatic N) is 4. The van der Waals surface area contributed by atoms with E-state index in [0.29, 0.717) is 6.54 Å². The molecule has 0 amide bonds. The fourth-order valence-electron chi connectivity index (χ4n) is 2.32. The summed E-state index contributed by atoms with van der Waals surface area (Å²) in [6.45, 7) is 10.4. The molecule has 100 valence electrons. The quantitative estimate of drug-likeness (QED) is 0.852. The molecule has 0 bridgehead atoms. The van der Waals surface area contributed by atoms with E-state index in [0.717, 1.165) is 43.6 Å². The van der Waals surface area contributed by atoms with Crippen molar-refractivity contribution in [2.75, 3.05) is 37.6 Å². The summed E-state index contributed by atoms with van der Waals surface area (Å²) in [5.41, 5.74) is 6.45. The van der Waals surface area contributed by atoms with Gasteiger partial charge in [0.25, 0.3) is 0 Å². The van der Waals surface area contributed by atoms with Gasteiger partial charge in [0.2, 0.25) is 0 Å². The summed E-state index contributed by atoms with van der Waals surface area (Å²) < 4.78 is 0. The van der Waals surface area contributed by atoms with Gasteiger partial charge in [-0.25, -0.2) is 4.98 Å². The van der Waals surface area contributed by atoms with E-state index < -0.39 is 0 Å². The summed E-state index contributed by atoms with van der Waals surface area (Å²) in [7, 11) is 0. The molecule has 2 N–H and O–H groups in total. The topological polar surface area (TPSA) is 58.3 Å². The zero-order chi connectivity index (χ0) is 13.0. The van der Waals surface area contributed by atoms with Crippen LogP contribution in [-0.4, -0.2) is 47.6 Å². The maximum Gasteiger partial charge on any atom is 0.147 e. The van der Waals surface area contributed by atoms with Gasteiger partial charge in [0.1, 0.15) is 5.82 Å². The van der Waals surface area contributed by atoms with Gasteiger partial charge in [-0.1, -0.05) is 13.8 Å². The minimum atomic E-state index is 0.453. The Morgan fingerprint density at radius 3 is 2.56 bits per heavy atom. The summed E-state index contributed by atoms with van der Waals surface area (Å²) in [5, 5.41) is 0.